The van der Waals surface area contributed by atoms with Crippen LogP contribution in [0.5, 0.6) is 0 Å². The van der Waals surface area contributed by atoms with Crippen LogP contribution in [0.15, 0.2) is 120 Å². The molecule has 0 radical (unpaired) electrons. The van der Waals surface area contributed by atoms with Gasteiger partial charge in [0.2, 0.25) is 5.69 Å². The first-order valence-electron chi connectivity index (χ1n) is 13.9. The molecule has 0 N–H and O–H groups in total. The van der Waals surface area contributed by atoms with Gasteiger partial charge in [-0.2, -0.15) is 5.26 Å². The van der Waals surface area contributed by atoms with E-state index in [1.807, 2.05) is 36.4 Å². The van der Waals surface area contributed by atoms with Crippen molar-refractivity contribution in [1.82, 2.24) is 4.57 Å². The van der Waals surface area contributed by atoms with Crippen molar-refractivity contribution in [2.45, 2.75) is 0 Å². The Bertz CT molecular complexity index is 2710. The standard InChI is InChI=1S/C38H19N3OS/c1-40-29-19-18-26(25-10-7-15-34-35(25)27-9-3-5-14-33(27)43-34)36-28-11-6-13-31(37(28)42-38(29)36)41-30-12-4-2-8-23(30)24-17-16-22(21-39)20-32(24)41/h2-20H. The van der Waals surface area contributed by atoms with Gasteiger partial charge in [-0.1, -0.05) is 78.9 Å². The highest BCUT2D eigenvalue weighted by Crippen LogP contribution is 2.47. The van der Waals surface area contributed by atoms with Crippen LogP contribution in [0.4, 0.5) is 5.69 Å². The second-order valence-corrected chi connectivity index (χ2v) is 11.8. The Kier molecular flexibility index (Phi) is 4.87. The summed E-state index contributed by atoms with van der Waals surface area (Å²) in [7, 11) is 0. The summed E-state index contributed by atoms with van der Waals surface area (Å²) >= 11 is 1.80. The van der Waals surface area contributed by atoms with Crippen molar-refractivity contribution in [3.05, 3.63) is 132 Å². The van der Waals surface area contributed by atoms with Gasteiger partial charge in [0.1, 0.15) is 5.58 Å². The second-order valence-electron chi connectivity index (χ2n) is 10.7. The van der Waals surface area contributed by atoms with Crippen LogP contribution < -0.4 is 0 Å². The molecule has 0 atom stereocenters. The van der Waals surface area contributed by atoms with E-state index < -0.39 is 0 Å². The maximum atomic E-state index is 9.72. The Morgan fingerprint density at radius 1 is 0.651 bits per heavy atom. The number of hydrogen-bond donors (Lipinski definition) is 0. The summed E-state index contributed by atoms with van der Waals surface area (Å²) in [4.78, 5) is 3.86. The molecule has 9 rings (SSSR count). The molecule has 0 aliphatic heterocycles. The predicted octanol–water partition coefficient (Wildman–Crippen LogP) is 11.1. The Balaban J connectivity index is 1.43. The van der Waals surface area contributed by atoms with Crippen molar-refractivity contribution >= 4 is 80.9 Å². The summed E-state index contributed by atoms with van der Waals surface area (Å²) in [5.74, 6) is 0. The average Bonchev–Trinajstić information content (AvgIpc) is 3.74. The Labute approximate surface area is 249 Å². The van der Waals surface area contributed by atoms with Gasteiger partial charge in [0, 0.05) is 41.7 Å². The molecule has 4 nitrogen and oxygen atoms in total. The van der Waals surface area contributed by atoms with Crippen molar-refractivity contribution in [2.24, 2.45) is 0 Å². The summed E-state index contributed by atoms with van der Waals surface area (Å²) < 4.78 is 11.4. The van der Waals surface area contributed by atoms with E-state index in [1.54, 1.807) is 11.3 Å². The summed E-state index contributed by atoms with van der Waals surface area (Å²) in [6.07, 6.45) is 0. The van der Waals surface area contributed by atoms with Gasteiger partial charge in [0.25, 0.3) is 0 Å². The van der Waals surface area contributed by atoms with Gasteiger partial charge in [0.15, 0.2) is 5.58 Å². The first-order valence-corrected chi connectivity index (χ1v) is 14.8. The van der Waals surface area contributed by atoms with Crippen LogP contribution in [0.1, 0.15) is 5.56 Å². The molecule has 3 aromatic heterocycles. The summed E-state index contributed by atoms with van der Waals surface area (Å²) in [5.41, 5.74) is 7.39. The van der Waals surface area contributed by atoms with Gasteiger partial charge in [-0.3, -0.25) is 0 Å². The lowest BCUT2D eigenvalue weighted by atomic mass is 9.95. The van der Waals surface area contributed by atoms with Crippen LogP contribution in [0.25, 0.3) is 85.6 Å². The average molecular weight is 566 g/mol. The first-order chi connectivity index (χ1) is 21.2. The maximum absolute atomic E-state index is 9.72. The van der Waals surface area contributed by atoms with Crippen LogP contribution in [0, 0.1) is 17.9 Å². The van der Waals surface area contributed by atoms with Crippen LogP contribution in [0.2, 0.25) is 0 Å². The third-order valence-corrected chi connectivity index (χ3v) is 9.60. The fraction of sp³-hybridized carbons (Fsp3) is 0. The number of hydrogen-bond acceptors (Lipinski definition) is 3. The molecule has 3 heterocycles. The fourth-order valence-corrected chi connectivity index (χ4v) is 7.79. The minimum absolute atomic E-state index is 0.484. The molecular weight excluding hydrogens is 547 g/mol. The number of nitriles is 1. The molecule has 0 aliphatic rings. The molecule has 198 valence electrons. The van der Waals surface area contributed by atoms with E-state index in [4.69, 9.17) is 11.0 Å². The highest BCUT2D eigenvalue weighted by Gasteiger charge is 2.22. The lowest BCUT2D eigenvalue weighted by Gasteiger charge is -2.09. The van der Waals surface area contributed by atoms with Crippen LogP contribution in [0.3, 0.4) is 0 Å². The number of thiophene rings is 1. The van der Waals surface area contributed by atoms with E-state index in [1.165, 1.54) is 20.2 Å². The molecule has 0 amide bonds. The van der Waals surface area contributed by atoms with Crippen molar-refractivity contribution in [3.63, 3.8) is 0 Å². The zero-order chi connectivity index (χ0) is 28.7. The van der Waals surface area contributed by atoms with E-state index in [0.29, 0.717) is 22.4 Å². The molecule has 0 fully saturated rings. The van der Waals surface area contributed by atoms with E-state index in [9.17, 15) is 5.26 Å². The summed E-state index contributed by atoms with van der Waals surface area (Å²) in [5, 5.41) is 16.2. The van der Waals surface area contributed by atoms with Gasteiger partial charge < -0.3 is 8.98 Å². The predicted molar refractivity (Wildman–Crippen MR) is 177 cm³/mol. The van der Waals surface area contributed by atoms with Crippen LogP contribution in [-0.4, -0.2) is 4.57 Å². The van der Waals surface area contributed by atoms with Crippen molar-refractivity contribution < 1.29 is 4.42 Å². The van der Waals surface area contributed by atoms with Gasteiger partial charge >= 0.3 is 0 Å². The van der Waals surface area contributed by atoms with Crippen LogP contribution >= 0.6 is 11.3 Å². The minimum atomic E-state index is 0.484. The number of fused-ring (bicyclic) bond motifs is 9. The van der Waals surface area contributed by atoms with Crippen LogP contribution in [-0.2, 0) is 0 Å². The lowest BCUT2D eigenvalue weighted by Crippen LogP contribution is -1.94. The largest absolute Gasteiger partial charge is 0.465 e. The number of para-hydroxylation sites is 2. The Hall–Kier alpha value is -5.88. The van der Waals surface area contributed by atoms with E-state index in [0.717, 1.165) is 49.4 Å². The molecule has 0 spiro atoms. The molecule has 0 saturated carbocycles. The molecule has 43 heavy (non-hydrogen) atoms. The van der Waals surface area contributed by atoms with Gasteiger partial charge in [-0.15, -0.1) is 11.3 Å². The fourth-order valence-electron chi connectivity index (χ4n) is 6.66. The van der Waals surface area contributed by atoms with Crippen molar-refractivity contribution in [2.75, 3.05) is 0 Å². The summed E-state index contributed by atoms with van der Waals surface area (Å²) in [6.45, 7) is 7.97. The highest BCUT2D eigenvalue weighted by atomic mass is 32.1. The Morgan fingerprint density at radius 2 is 1.40 bits per heavy atom. The molecule has 0 unspecified atom stereocenters. The maximum Gasteiger partial charge on any atom is 0.229 e. The normalized spacial score (nSPS) is 11.7. The van der Waals surface area contributed by atoms with E-state index in [2.05, 4.69) is 94.3 Å². The van der Waals surface area contributed by atoms with E-state index in [-0.39, 0.29) is 0 Å². The quantitative estimate of drug-likeness (QED) is 0.196. The third kappa shape index (κ3) is 3.23. The minimum Gasteiger partial charge on any atom is -0.465 e. The molecule has 6 aromatic carbocycles. The topological polar surface area (TPSA) is 46.2 Å². The van der Waals surface area contributed by atoms with E-state index >= 15 is 0 Å². The molecule has 0 bridgehead atoms. The third-order valence-electron chi connectivity index (χ3n) is 8.46. The highest BCUT2D eigenvalue weighted by molar-refractivity contribution is 7.25. The number of rotatable bonds is 2. The first kappa shape index (κ1) is 23.8. The van der Waals surface area contributed by atoms with Gasteiger partial charge in [0.05, 0.1) is 34.9 Å². The van der Waals surface area contributed by atoms with Crippen molar-refractivity contribution in [1.29, 1.82) is 5.26 Å². The number of aromatic nitrogens is 1. The zero-order valence-electron chi connectivity index (χ0n) is 22.6. The molecule has 9 aromatic rings. The van der Waals surface area contributed by atoms with Gasteiger partial charge in [-0.25, -0.2) is 4.85 Å². The van der Waals surface area contributed by atoms with Crippen molar-refractivity contribution in [3.8, 4) is 22.9 Å². The summed E-state index contributed by atoms with van der Waals surface area (Å²) in [6, 6.07) is 41.5. The SMILES string of the molecule is [C-]#[N+]c1ccc(-c2cccc3sc4ccccc4c23)c2c1oc1c(-n3c4ccccc4c4ccc(C#N)cc43)cccc12. The Morgan fingerprint density at radius 3 is 2.28 bits per heavy atom. The monoisotopic (exact) mass is 565 g/mol. The molecular formula is C38H19N3OS. The number of furan rings is 1. The molecule has 0 saturated heterocycles. The lowest BCUT2D eigenvalue weighted by molar-refractivity contribution is 0.668. The van der Waals surface area contributed by atoms with Gasteiger partial charge in [-0.05, 0) is 47.5 Å². The molecule has 0 aliphatic carbocycles. The molecule has 5 heteroatoms. The smallest absolute Gasteiger partial charge is 0.229 e. The zero-order valence-corrected chi connectivity index (χ0v) is 23.4. The number of benzene rings is 6. The number of nitrogens with zero attached hydrogens (tertiary/aromatic N) is 3. The second kappa shape index (κ2) is 8.81.